The van der Waals surface area contributed by atoms with Crippen LogP contribution in [0.4, 0.5) is 0 Å². The van der Waals surface area contributed by atoms with Crippen LogP contribution in [0.3, 0.4) is 0 Å². The molecule has 0 bridgehead atoms. The summed E-state index contributed by atoms with van der Waals surface area (Å²) in [6.45, 7) is 1.71. The molecular weight excluding hydrogens is 114 g/mol. The van der Waals surface area contributed by atoms with Crippen LogP contribution in [0.5, 0.6) is 0 Å². The number of hydrogen-bond acceptors (Lipinski definition) is 4. The van der Waals surface area contributed by atoms with Crippen LogP contribution in [-0.2, 0) is 8.98 Å². The first kappa shape index (κ1) is 6.78. The summed E-state index contributed by atoms with van der Waals surface area (Å²) in [5.74, 6) is -0.285. The average Bonchev–Trinajstić information content (AvgIpc) is 1.68. The Labute approximate surface area is 46.6 Å². The standard InChI is InChI=1S/C3H7NO2S/c1-2-3(5)6-7-4/h2,4H2,1H3. The van der Waals surface area contributed by atoms with E-state index in [0.29, 0.717) is 18.6 Å². The number of carbonyl (C=O) groups is 1. The first-order valence-electron chi connectivity index (χ1n) is 1.87. The summed E-state index contributed by atoms with van der Waals surface area (Å²) in [6.07, 6.45) is 0.379. The van der Waals surface area contributed by atoms with Crippen LogP contribution in [-0.4, -0.2) is 5.97 Å². The molecule has 0 saturated heterocycles. The molecule has 0 aromatic heterocycles. The molecule has 0 aliphatic carbocycles. The molecule has 0 radical (unpaired) electrons. The van der Waals surface area contributed by atoms with Gasteiger partial charge in [-0.15, -0.1) is 0 Å². The summed E-state index contributed by atoms with van der Waals surface area (Å²) >= 11 is 0.585. The maximum absolute atomic E-state index is 10.1. The van der Waals surface area contributed by atoms with Crippen molar-refractivity contribution in [1.29, 1.82) is 0 Å². The highest BCUT2D eigenvalue weighted by Gasteiger charge is 1.93. The summed E-state index contributed by atoms with van der Waals surface area (Å²) in [6, 6.07) is 0. The van der Waals surface area contributed by atoms with E-state index >= 15 is 0 Å². The monoisotopic (exact) mass is 121 g/mol. The van der Waals surface area contributed by atoms with Crippen LogP contribution in [0, 0.1) is 0 Å². The number of rotatable bonds is 2. The molecule has 0 unspecified atom stereocenters. The molecule has 7 heavy (non-hydrogen) atoms. The topological polar surface area (TPSA) is 52.3 Å². The molecule has 0 spiro atoms. The fourth-order valence-electron chi connectivity index (χ4n) is 0.113. The zero-order chi connectivity index (χ0) is 5.70. The second-order valence-corrected chi connectivity index (χ2v) is 1.26. The van der Waals surface area contributed by atoms with Crippen LogP contribution in [0.2, 0.25) is 0 Å². The van der Waals surface area contributed by atoms with Gasteiger partial charge in [0.2, 0.25) is 0 Å². The van der Waals surface area contributed by atoms with Gasteiger partial charge in [-0.3, -0.25) is 4.79 Å². The summed E-state index contributed by atoms with van der Waals surface area (Å²) in [4.78, 5) is 10.1. The van der Waals surface area contributed by atoms with Crippen molar-refractivity contribution < 1.29 is 8.98 Å². The average molecular weight is 121 g/mol. The van der Waals surface area contributed by atoms with Crippen molar-refractivity contribution in [3.63, 3.8) is 0 Å². The minimum Gasteiger partial charge on any atom is -0.375 e. The van der Waals surface area contributed by atoms with E-state index in [0.717, 1.165) is 0 Å². The highest BCUT2D eigenvalue weighted by molar-refractivity contribution is 7.92. The Morgan fingerprint density at radius 2 is 2.57 bits per heavy atom. The van der Waals surface area contributed by atoms with Crippen molar-refractivity contribution in [3.05, 3.63) is 0 Å². The van der Waals surface area contributed by atoms with E-state index in [2.05, 4.69) is 4.18 Å². The second kappa shape index (κ2) is 3.95. The van der Waals surface area contributed by atoms with E-state index in [4.69, 9.17) is 5.14 Å². The lowest BCUT2D eigenvalue weighted by Crippen LogP contribution is -1.96. The van der Waals surface area contributed by atoms with Crippen molar-refractivity contribution in [2.75, 3.05) is 0 Å². The Morgan fingerprint density at radius 3 is 2.71 bits per heavy atom. The van der Waals surface area contributed by atoms with Crippen LogP contribution >= 0.6 is 12.2 Å². The summed E-state index contributed by atoms with van der Waals surface area (Å²) in [5.41, 5.74) is 0. The molecule has 0 aromatic rings. The predicted molar refractivity (Wildman–Crippen MR) is 28.2 cm³/mol. The van der Waals surface area contributed by atoms with Gasteiger partial charge >= 0.3 is 5.97 Å². The smallest absolute Gasteiger partial charge is 0.318 e. The number of nitrogens with two attached hydrogens (primary N) is 1. The molecular formula is C3H7NO2S. The van der Waals surface area contributed by atoms with Gasteiger partial charge in [0.25, 0.3) is 0 Å². The van der Waals surface area contributed by atoms with Gasteiger partial charge in [-0.1, -0.05) is 6.92 Å². The van der Waals surface area contributed by atoms with Crippen LogP contribution in [0.1, 0.15) is 13.3 Å². The Bertz CT molecular complexity index is 66.0. The predicted octanol–water partition coefficient (Wildman–Crippen LogP) is 0.462. The van der Waals surface area contributed by atoms with Crippen molar-refractivity contribution in [1.82, 2.24) is 0 Å². The van der Waals surface area contributed by atoms with Gasteiger partial charge in [-0.2, -0.15) is 0 Å². The maximum atomic E-state index is 10.1. The van der Waals surface area contributed by atoms with Gasteiger partial charge in [-0.05, 0) is 0 Å². The normalized spacial score (nSPS) is 8.29. The molecule has 0 aliphatic heterocycles. The van der Waals surface area contributed by atoms with Crippen molar-refractivity contribution >= 4 is 18.2 Å². The molecule has 0 aliphatic rings. The molecule has 0 atom stereocenters. The third kappa shape index (κ3) is 3.61. The largest absolute Gasteiger partial charge is 0.375 e. The Kier molecular flexibility index (Phi) is 3.83. The fourth-order valence-corrected chi connectivity index (χ4v) is 0.338. The Morgan fingerprint density at radius 1 is 2.00 bits per heavy atom. The molecule has 2 N–H and O–H groups in total. The molecule has 0 aromatic carbocycles. The van der Waals surface area contributed by atoms with Crippen molar-refractivity contribution in [2.24, 2.45) is 5.14 Å². The third-order valence-electron chi connectivity index (χ3n) is 0.430. The first-order valence-corrected chi connectivity index (χ1v) is 2.68. The summed E-state index contributed by atoms with van der Waals surface area (Å²) in [7, 11) is 0. The third-order valence-corrected chi connectivity index (χ3v) is 0.712. The lowest BCUT2D eigenvalue weighted by atomic mass is 10.5. The van der Waals surface area contributed by atoms with Crippen LogP contribution < -0.4 is 5.14 Å². The van der Waals surface area contributed by atoms with E-state index in [1.165, 1.54) is 0 Å². The number of hydrogen-bond donors (Lipinski definition) is 1. The van der Waals surface area contributed by atoms with Crippen molar-refractivity contribution in [2.45, 2.75) is 13.3 Å². The van der Waals surface area contributed by atoms with Gasteiger partial charge in [0.15, 0.2) is 0 Å². The lowest BCUT2D eigenvalue weighted by Gasteiger charge is -1.90. The maximum Gasteiger partial charge on any atom is 0.318 e. The van der Waals surface area contributed by atoms with Gasteiger partial charge in [0.1, 0.15) is 12.2 Å². The molecule has 3 nitrogen and oxygen atoms in total. The van der Waals surface area contributed by atoms with E-state index in [1.807, 2.05) is 0 Å². The summed E-state index contributed by atoms with van der Waals surface area (Å²) < 4.78 is 4.25. The SMILES string of the molecule is CCC(=O)OSN. The van der Waals surface area contributed by atoms with E-state index in [1.54, 1.807) is 6.92 Å². The molecule has 0 rings (SSSR count). The molecule has 0 saturated carbocycles. The molecule has 0 amide bonds. The number of carbonyl (C=O) groups excluding carboxylic acids is 1. The first-order chi connectivity index (χ1) is 3.31. The van der Waals surface area contributed by atoms with Crippen LogP contribution in [0.15, 0.2) is 0 Å². The highest BCUT2D eigenvalue weighted by atomic mass is 32.2. The van der Waals surface area contributed by atoms with Gasteiger partial charge in [0, 0.05) is 6.42 Å². The van der Waals surface area contributed by atoms with Gasteiger partial charge < -0.3 is 4.18 Å². The Balaban J connectivity index is 3.00. The minimum absolute atomic E-state index is 0.285. The lowest BCUT2D eigenvalue weighted by molar-refractivity contribution is -0.132. The van der Waals surface area contributed by atoms with Gasteiger partial charge in [-0.25, -0.2) is 5.14 Å². The molecule has 4 heteroatoms. The fraction of sp³-hybridized carbons (Fsp3) is 0.667. The molecule has 42 valence electrons. The second-order valence-electron chi connectivity index (χ2n) is 0.905. The zero-order valence-corrected chi connectivity index (χ0v) is 4.83. The quantitative estimate of drug-likeness (QED) is 0.426. The van der Waals surface area contributed by atoms with E-state index < -0.39 is 0 Å². The summed E-state index contributed by atoms with van der Waals surface area (Å²) in [5, 5.41) is 4.78. The Hall–Kier alpha value is -0.220. The van der Waals surface area contributed by atoms with Crippen LogP contribution in [0.25, 0.3) is 0 Å². The minimum atomic E-state index is -0.285. The molecule has 0 fully saturated rings. The van der Waals surface area contributed by atoms with Gasteiger partial charge in [0.05, 0.1) is 0 Å². The molecule has 0 heterocycles. The van der Waals surface area contributed by atoms with E-state index in [-0.39, 0.29) is 5.97 Å². The van der Waals surface area contributed by atoms with E-state index in [9.17, 15) is 4.79 Å². The van der Waals surface area contributed by atoms with Crippen molar-refractivity contribution in [3.8, 4) is 0 Å². The zero-order valence-electron chi connectivity index (χ0n) is 4.01. The highest BCUT2D eigenvalue weighted by Crippen LogP contribution is 1.91.